The zero-order valence-corrected chi connectivity index (χ0v) is 10.9. The molecule has 0 aromatic rings. The number of amides is 1. The summed E-state index contributed by atoms with van der Waals surface area (Å²) < 4.78 is 5.05. The van der Waals surface area contributed by atoms with Gasteiger partial charge in [0.1, 0.15) is 6.54 Å². The van der Waals surface area contributed by atoms with Gasteiger partial charge in [-0.3, -0.25) is 9.59 Å². The van der Waals surface area contributed by atoms with Gasteiger partial charge in [0.2, 0.25) is 5.91 Å². The molecule has 0 aliphatic rings. The third-order valence-electron chi connectivity index (χ3n) is 2.45. The highest BCUT2D eigenvalue weighted by molar-refractivity contribution is 5.89. The zero-order chi connectivity index (χ0) is 13.1. The van der Waals surface area contributed by atoms with Crippen molar-refractivity contribution in [3.63, 3.8) is 0 Å². The molecule has 0 radical (unpaired) electrons. The maximum absolute atomic E-state index is 11.4. The fraction of sp³-hybridized carbons (Fsp3) is 0.692. The lowest BCUT2D eigenvalue weighted by molar-refractivity contribution is -0.148. The van der Waals surface area contributed by atoms with Crippen LogP contribution in [0.15, 0.2) is 12.7 Å². The number of ether oxygens (including phenoxy) is 1. The third-order valence-corrected chi connectivity index (χ3v) is 2.45. The summed E-state index contributed by atoms with van der Waals surface area (Å²) >= 11 is 0. The molecule has 0 atom stereocenters. The van der Waals surface area contributed by atoms with Crippen LogP contribution in [0.5, 0.6) is 0 Å². The molecular weight excluding hydrogens is 218 g/mol. The number of carbonyl (C=O) groups excluding carboxylic acids is 2. The standard InChI is InChI=1S/C13H23NO3/c1-4-7-8-9-10-17-13(16)11-14(6-3)12(15)5-2/h5H,2,4,6-11H2,1,3H3. The van der Waals surface area contributed by atoms with Crippen molar-refractivity contribution in [2.45, 2.75) is 39.5 Å². The van der Waals surface area contributed by atoms with Gasteiger partial charge in [-0.15, -0.1) is 0 Å². The lowest BCUT2D eigenvalue weighted by atomic mass is 10.2. The van der Waals surface area contributed by atoms with E-state index in [1.807, 2.05) is 6.92 Å². The van der Waals surface area contributed by atoms with Crippen LogP contribution in [0.25, 0.3) is 0 Å². The normalized spacial score (nSPS) is 9.76. The first-order valence-electron chi connectivity index (χ1n) is 6.22. The molecule has 98 valence electrons. The van der Waals surface area contributed by atoms with E-state index in [2.05, 4.69) is 13.5 Å². The molecule has 0 aliphatic carbocycles. The van der Waals surface area contributed by atoms with Gasteiger partial charge in [-0.05, 0) is 19.4 Å². The van der Waals surface area contributed by atoms with E-state index in [0.29, 0.717) is 13.2 Å². The molecular formula is C13H23NO3. The number of carbonyl (C=O) groups is 2. The molecule has 0 saturated carbocycles. The highest BCUT2D eigenvalue weighted by Gasteiger charge is 2.13. The van der Waals surface area contributed by atoms with Crippen LogP contribution in [-0.4, -0.2) is 36.5 Å². The van der Waals surface area contributed by atoms with Crippen molar-refractivity contribution >= 4 is 11.9 Å². The van der Waals surface area contributed by atoms with E-state index in [1.54, 1.807) is 0 Å². The fourth-order valence-electron chi connectivity index (χ4n) is 1.39. The van der Waals surface area contributed by atoms with Gasteiger partial charge in [-0.25, -0.2) is 0 Å². The lowest BCUT2D eigenvalue weighted by Crippen LogP contribution is -2.35. The lowest BCUT2D eigenvalue weighted by Gasteiger charge is -2.17. The number of hydrogen-bond donors (Lipinski definition) is 0. The topological polar surface area (TPSA) is 46.6 Å². The average Bonchev–Trinajstić information content (AvgIpc) is 2.34. The van der Waals surface area contributed by atoms with Crippen molar-refractivity contribution in [3.8, 4) is 0 Å². The second-order valence-corrected chi connectivity index (χ2v) is 3.84. The Balaban J connectivity index is 3.76. The highest BCUT2D eigenvalue weighted by Crippen LogP contribution is 1.99. The summed E-state index contributed by atoms with van der Waals surface area (Å²) in [4.78, 5) is 24.1. The van der Waals surface area contributed by atoms with Crippen LogP contribution in [0.4, 0.5) is 0 Å². The van der Waals surface area contributed by atoms with Crippen LogP contribution in [-0.2, 0) is 14.3 Å². The van der Waals surface area contributed by atoms with Crippen molar-refractivity contribution < 1.29 is 14.3 Å². The predicted octanol–water partition coefficient (Wildman–Crippen LogP) is 2.14. The molecule has 0 aromatic carbocycles. The van der Waals surface area contributed by atoms with Crippen LogP contribution in [0.3, 0.4) is 0 Å². The summed E-state index contributed by atoms with van der Waals surface area (Å²) in [5.74, 6) is -0.589. The molecule has 0 bridgehead atoms. The van der Waals surface area contributed by atoms with Gasteiger partial charge in [0, 0.05) is 6.54 Å². The molecule has 0 aliphatic heterocycles. The molecule has 0 spiro atoms. The van der Waals surface area contributed by atoms with E-state index >= 15 is 0 Å². The minimum atomic E-state index is -0.349. The smallest absolute Gasteiger partial charge is 0.325 e. The van der Waals surface area contributed by atoms with Crippen molar-refractivity contribution in [3.05, 3.63) is 12.7 Å². The minimum absolute atomic E-state index is 0.00906. The quantitative estimate of drug-likeness (QED) is 0.353. The molecule has 0 rings (SSSR count). The molecule has 0 heterocycles. The Morgan fingerprint density at radius 1 is 1.24 bits per heavy atom. The molecule has 0 N–H and O–H groups in total. The predicted molar refractivity (Wildman–Crippen MR) is 67.6 cm³/mol. The van der Waals surface area contributed by atoms with E-state index < -0.39 is 0 Å². The second kappa shape index (κ2) is 9.87. The van der Waals surface area contributed by atoms with Crippen LogP contribution in [0.2, 0.25) is 0 Å². The summed E-state index contributed by atoms with van der Waals surface area (Å²) in [5.41, 5.74) is 0. The van der Waals surface area contributed by atoms with Crippen LogP contribution in [0, 0.1) is 0 Å². The third kappa shape index (κ3) is 7.55. The first kappa shape index (κ1) is 15.7. The average molecular weight is 241 g/mol. The summed E-state index contributed by atoms with van der Waals surface area (Å²) in [5, 5.41) is 0. The van der Waals surface area contributed by atoms with Gasteiger partial charge >= 0.3 is 5.97 Å². The van der Waals surface area contributed by atoms with Crippen molar-refractivity contribution in [2.24, 2.45) is 0 Å². The molecule has 4 nitrogen and oxygen atoms in total. The van der Waals surface area contributed by atoms with Crippen LogP contribution >= 0.6 is 0 Å². The minimum Gasteiger partial charge on any atom is -0.464 e. The fourth-order valence-corrected chi connectivity index (χ4v) is 1.39. The van der Waals surface area contributed by atoms with Crippen LogP contribution < -0.4 is 0 Å². The summed E-state index contributed by atoms with van der Waals surface area (Å²) in [6.45, 7) is 8.27. The Hall–Kier alpha value is -1.32. The number of unbranched alkanes of at least 4 members (excludes halogenated alkanes) is 3. The second-order valence-electron chi connectivity index (χ2n) is 3.84. The van der Waals surface area contributed by atoms with Crippen molar-refractivity contribution in [2.75, 3.05) is 19.7 Å². The summed E-state index contributed by atoms with van der Waals surface area (Å²) in [7, 11) is 0. The molecule has 17 heavy (non-hydrogen) atoms. The number of rotatable bonds is 9. The Labute approximate surface area is 104 Å². The largest absolute Gasteiger partial charge is 0.464 e. The molecule has 1 amide bonds. The first-order chi connectivity index (χ1) is 8.15. The molecule has 0 aromatic heterocycles. The summed E-state index contributed by atoms with van der Waals surface area (Å²) in [6, 6.07) is 0. The van der Waals surface area contributed by atoms with Gasteiger partial charge in [0.25, 0.3) is 0 Å². The van der Waals surface area contributed by atoms with E-state index in [1.165, 1.54) is 11.0 Å². The zero-order valence-electron chi connectivity index (χ0n) is 10.9. The number of esters is 1. The van der Waals surface area contributed by atoms with Crippen molar-refractivity contribution in [1.29, 1.82) is 0 Å². The van der Waals surface area contributed by atoms with Gasteiger partial charge < -0.3 is 9.64 Å². The van der Waals surface area contributed by atoms with Gasteiger partial charge in [-0.1, -0.05) is 32.8 Å². The molecule has 0 fully saturated rings. The Morgan fingerprint density at radius 2 is 1.94 bits per heavy atom. The van der Waals surface area contributed by atoms with Gasteiger partial charge in [-0.2, -0.15) is 0 Å². The Kier molecular flexibility index (Phi) is 9.11. The van der Waals surface area contributed by atoms with Crippen molar-refractivity contribution in [1.82, 2.24) is 4.90 Å². The van der Waals surface area contributed by atoms with E-state index in [9.17, 15) is 9.59 Å². The maximum atomic E-state index is 11.4. The van der Waals surface area contributed by atoms with E-state index in [-0.39, 0.29) is 18.4 Å². The number of nitrogens with zero attached hydrogens (tertiary/aromatic N) is 1. The van der Waals surface area contributed by atoms with Gasteiger partial charge in [0.05, 0.1) is 6.61 Å². The number of likely N-dealkylation sites (N-methyl/N-ethyl adjacent to an activating group) is 1. The molecule has 0 unspecified atom stereocenters. The van der Waals surface area contributed by atoms with E-state index in [0.717, 1.165) is 25.7 Å². The summed E-state index contributed by atoms with van der Waals surface area (Å²) in [6.07, 6.45) is 5.49. The molecule has 4 heteroatoms. The first-order valence-corrected chi connectivity index (χ1v) is 6.22. The Morgan fingerprint density at radius 3 is 2.47 bits per heavy atom. The Bertz CT molecular complexity index is 251. The maximum Gasteiger partial charge on any atom is 0.325 e. The van der Waals surface area contributed by atoms with E-state index in [4.69, 9.17) is 4.74 Å². The molecule has 0 saturated heterocycles. The van der Waals surface area contributed by atoms with Gasteiger partial charge in [0.15, 0.2) is 0 Å². The van der Waals surface area contributed by atoms with Crippen LogP contribution in [0.1, 0.15) is 39.5 Å². The SMILES string of the molecule is C=CC(=O)N(CC)CC(=O)OCCCCCC. The highest BCUT2D eigenvalue weighted by atomic mass is 16.5. The monoisotopic (exact) mass is 241 g/mol. The number of hydrogen-bond acceptors (Lipinski definition) is 3.